The molecule has 37 heavy (non-hydrogen) atoms. The first kappa shape index (κ1) is 26.9. The molecular formula is C27H32F3N3O4. The second-order valence-electron chi connectivity index (χ2n) is 9.80. The highest BCUT2D eigenvalue weighted by Crippen LogP contribution is 2.42. The Hall–Kier alpha value is -3.11. The zero-order chi connectivity index (χ0) is 27.0. The Labute approximate surface area is 214 Å². The van der Waals surface area contributed by atoms with Gasteiger partial charge in [0.15, 0.2) is 11.5 Å². The molecule has 2 aromatic carbocycles. The molecular weight excluding hydrogens is 487 g/mol. The van der Waals surface area contributed by atoms with Crippen molar-refractivity contribution in [2.24, 2.45) is 0 Å². The third kappa shape index (κ3) is 5.75. The predicted molar refractivity (Wildman–Crippen MR) is 134 cm³/mol. The van der Waals surface area contributed by atoms with E-state index in [-0.39, 0.29) is 11.7 Å². The molecule has 1 aliphatic rings. The van der Waals surface area contributed by atoms with Crippen LogP contribution in [-0.4, -0.2) is 47.1 Å². The molecule has 0 radical (unpaired) electrons. The van der Waals surface area contributed by atoms with Gasteiger partial charge in [0.1, 0.15) is 29.7 Å². The van der Waals surface area contributed by atoms with Gasteiger partial charge >= 0.3 is 5.92 Å². The summed E-state index contributed by atoms with van der Waals surface area (Å²) < 4.78 is 61.9. The number of anilines is 1. The van der Waals surface area contributed by atoms with E-state index in [1.807, 2.05) is 0 Å². The molecule has 0 spiro atoms. The lowest BCUT2D eigenvalue weighted by Gasteiger charge is -2.30. The Morgan fingerprint density at radius 1 is 1.14 bits per heavy atom. The summed E-state index contributed by atoms with van der Waals surface area (Å²) >= 11 is 0. The number of ether oxygens (including phenoxy) is 3. The lowest BCUT2D eigenvalue weighted by atomic mass is 9.91. The van der Waals surface area contributed by atoms with E-state index < -0.39 is 28.9 Å². The second kappa shape index (κ2) is 10.3. The summed E-state index contributed by atoms with van der Waals surface area (Å²) in [6.45, 7) is 5.97. The Balaban J connectivity index is 1.71. The molecule has 0 saturated heterocycles. The second-order valence-corrected chi connectivity index (χ2v) is 9.80. The first-order valence-electron chi connectivity index (χ1n) is 12.2. The van der Waals surface area contributed by atoms with E-state index in [4.69, 9.17) is 14.2 Å². The molecule has 3 aromatic rings. The minimum absolute atomic E-state index is 0.0103. The fourth-order valence-corrected chi connectivity index (χ4v) is 3.91. The molecule has 0 bridgehead atoms. The Morgan fingerprint density at radius 3 is 2.51 bits per heavy atom. The molecule has 1 saturated carbocycles. The SMILES string of the molecule is COCCOc1cc2c(NC(C)c3cccc(C(F)(F)C(C)(C)O)c3F)nc(C)nc2cc1OC1CC1. The molecule has 0 aliphatic heterocycles. The van der Waals surface area contributed by atoms with E-state index in [1.165, 1.54) is 12.1 Å². The Morgan fingerprint density at radius 2 is 1.86 bits per heavy atom. The van der Waals surface area contributed by atoms with E-state index in [9.17, 15) is 13.9 Å². The van der Waals surface area contributed by atoms with Crippen molar-refractivity contribution in [3.8, 4) is 11.5 Å². The van der Waals surface area contributed by atoms with E-state index in [1.54, 1.807) is 33.1 Å². The summed E-state index contributed by atoms with van der Waals surface area (Å²) in [5.41, 5.74) is -2.70. The van der Waals surface area contributed by atoms with E-state index in [2.05, 4.69) is 15.3 Å². The number of aryl methyl sites for hydroxylation is 1. The third-order valence-corrected chi connectivity index (χ3v) is 6.19. The molecule has 1 aromatic heterocycles. The molecule has 10 heteroatoms. The molecule has 1 fully saturated rings. The van der Waals surface area contributed by atoms with E-state index >= 15 is 4.39 Å². The van der Waals surface area contributed by atoms with Gasteiger partial charge in [0.2, 0.25) is 0 Å². The highest BCUT2D eigenvalue weighted by molar-refractivity contribution is 5.92. The molecule has 0 amide bonds. The van der Waals surface area contributed by atoms with Gasteiger partial charge in [0.05, 0.1) is 29.8 Å². The smallest absolute Gasteiger partial charge is 0.303 e. The van der Waals surface area contributed by atoms with Gasteiger partial charge in [-0.1, -0.05) is 12.1 Å². The van der Waals surface area contributed by atoms with Crippen molar-refractivity contribution >= 4 is 16.7 Å². The zero-order valence-corrected chi connectivity index (χ0v) is 21.6. The summed E-state index contributed by atoms with van der Waals surface area (Å²) in [5, 5.41) is 13.7. The molecule has 1 unspecified atom stereocenters. The number of aromatic nitrogens is 2. The number of alkyl halides is 2. The average molecular weight is 520 g/mol. The number of rotatable bonds is 11. The normalized spacial score (nSPS) is 15.1. The minimum Gasteiger partial charge on any atom is -0.487 e. The number of nitrogens with one attached hydrogen (secondary N) is 1. The van der Waals surface area contributed by atoms with Crippen LogP contribution >= 0.6 is 0 Å². The van der Waals surface area contributed by atoms with Crippen molar-refractivity contribution < 1.29 is 32.5 Å². The van der Waals surface area contributed by atoms with Crippen LogP contribution in [0.2, 0.25) is 0 Å². The van der Waals surface area contributed by atoms with Gasteiger partial charge in [0.25, 0.3) is 0 Å². The minimum atomic E-state index is -3.79. The van der Waals surface area contributed by atoms with Crippen LogP contribution in [0.3, 0.4) is 0 Å². The standard InChI is InChI=1S/C27H32F3N3O4/c1-15(18-7-6-8-20(24(18)28)27(29,30)26(3,4)34)31-25-19-13-22(36-12-11-35-5)23(37-17-9-10-17)14-21(19)32-16(2)33-25/h6-8,13-15,17,34H,9-12H2,1-5H3,(H,31,32,33). The number of nitrogens with zero attached hydrogens (tertiary/aromatic N) is 2. The van der Waals surface area contributed by atoms with Gasteiger partial charge in [-0.05, 0) is 52.7 Å². The molecule has 7 nitrogen and oxygen atoms in total. The maximum Gasteiger partial charge on any atom is 0.303 e. The quantitative estimate of drug-likeness (QED) is 0.315. The fraction of sp³-hybridized carbons (Fsp3) is 0.481. The maximum absolute atomic E-state index is 15.3. The lowest BCUT2D eigenvalue weighted by Crippen LogP contribution is -2.41. The molecule has 2 N–H and O–H groups in total. The van der Waals surface area contributed by atoms with Crippen molar-refractivity contribution in [2.45, 2.75) is 64.2 Å². The van der Waals surface area contributed by atoms with Crippen LogP contribution in [0.4, 0.5) is 19.0 Å². The van der Waals surface area contributed by atoms with Gasteiger partial charge in [-0.25, -0.2) is 14.4 Å². The molecule has 200 valence electrons. The number of aliphatic hydroxyl groups is 1. The predicted octanol–water partition coefficient (Wildman–Crippen LogP) is 5.68. The summed E-state index contributed by atoms with van der Waals surface area (Å²) in [6, 6.07) is 6.55. The number of fused-ring (bicyclic) bond motifs is 1. The monoisotopic (exact) mass is 519 g/mol. The lowest BCUT2D eigenvalue weighted by molar-refractivity contribution is -0.170. The van der Waals surface area contributed by atoms with Gasteiger partial charge in [0, 0.05) is 24.1 Å². The number of hydrogen-bond donors (Lipinski definition) is 2. The largest absolute Gasteiger partial charge is 0.487 e. The van der Waals surface area contributed by atoms with Crippen molar-refractivity contribution in [2.75, 3.05) is 25.6 Å². The average Bonchev–Trinajstić information content (AvgIpc) is 3.63. The van der Waals surface area contributed by atoms with Crippen molar-refractivity contribution in [3.05, 3.63) is 53.1 Å². The number of benzene rings is 2. The van der Waals surface area contributed by atoms with Gasteiger partial charge in [-0.3, -0.25) is 0 Å². The van der Waals surface area contributed by atoms with Crippen molar-refractivity contribution in [3.63, 3.8) is 0 Å². The molecule has 4 rings (SSSR count). The first-order valence-corrected chi connectivity index (χ1v) is 12.2. The van der Waals surface area contributed by atoms with Crippen LogP contribution in [0, 0.1) is 12.7 Å². The third-order valence-electron chi connectivity index (χ3n) is 6.19. The molecule has 1 aliphatic carbocycles. The number of hydrogen-bond acceptors (Lipinski definition) is 7. The fourth-order valence-electron chi connectivity index (χ4n) is 3.91. The van der Waals surface area contributed by atoms with Crippen LogP contribution in [-0.2, 0) is 10.7 Å². The summed E-state index contributed by atoms with van der Waals surface area (Å²) in [4.78, 5) is 9.01. The summed E-state index contributed by atoms with van der Waals surface area (Å²) in [5.74, 6) is -2.96. The van der Waals surface area contributed by atoms with Crippen LogP contribution < -0.4 is 14.8 Å². The van der Waals surface area contributed by atoms with E-state index in [0.29, 0.717) is 47.3 Å². The van der Waals surface area contributed by atoms with Gasteiger partial charge < -0.3 is 24.6 Å². The highest BCUT2D eigenvalue weighted by Gasteiger charge is 2.49. The Bertz CT molecular complexity index is 1280. The maximum atomic E-state index is 15.3. The highest BCUT2D eigenvalue weighted by atomic mass is 19.3. The topological polar surface area (TPSA) is 85.7 Å². The van der Waals surface area contributed by atoms with Crippen LogP contribution in [0.5, 0.6) is 11.5 Å². The molecule has 1 heterocycles. The Kier molecular flexibility index (Phi) is 7.52. The van der Waals surface area contributed by atoms with Crippen molar-refractivity contribution in [1.29, 1.82) is 0 Å². The van der Waals surface area contributed by atoms with Gasteiger partial charge in [-0.2, -0.15) is 8.78 Å². The van der Waals surface area contributed by atoms with Crippen molar-refractivity contribution in [1.82, 2.24) is 9.97 Å². The zero-order valence-electron chi connectivity index (χ0n) is 21.6. The summed E-state index contributed by atoms with van der Waals surface area (Å²) in [7, 11) is 1.58. The van der Waals surface area contributed by atoms with Crippen LogP contribution in [0.15, 0.2) is 30.3 Å². The molecule has 1 atom stereocenters. The first-order chi connectivity index (χ1) is 17.4. The number of halogens is 3. The van der Waals surface area contributed by atoms with E-state index in [0.717, 1.165) is 32.8 Å². The van der Waals surface area contributed by atoms with Crippen LogP contribution in [0.1, 0.15) is 56.6 Å². The summed E-state index contributed by atoms with van der Waals surface area (Å²) in [6.07, 6.45) is 2.08. The number of methoxy groups -OCH3 is 1. The van der Waals surface area contributed by atoms with Gasteiger partial charge in [-0.15, -0.1) is 0 Å². The van der Waals surface area contributed by atoms with Crippen LogP contribution in [0.25, 0.3) is 10.9 Å².